The minimum Gasteiger partial charge on any atom is -0.352 e. The van der Waals surface area contributed by atoms with Gasteiger partial charge in [-0.3, -0.25) is 4.79 Å². The Bertz CT molecular complexity index is 339. The van der Waals surface area contributed by atoms with Crippen molar-refractivity contribution < 1.29 is 13.6 Å². The molecule has 1 aromatic rings. The van der Waals surface area contributed by atoms with Crippen LogP contribution in [0.4, 0.5) is 8.78 Å². The Kier molecular flexibility index (Phi) is 3.56. The molecular formula is C10H11F2NO. The van der Waals surface area contributed by atoms with E-state index in [4.69, 9.17) is 0 Å². The maximum absolute atomic E-state index is 12.7. The van der Waals surface area contributed by atoms with E-state index < -0.39 is 11.6 Å². The average molecular weight is 199 g/mol. The summed E-state index contributed by atoms with van der Waals surface area (Å²) in [6.45, 7) is 2.43. The summed E-state index contributed by atoms with van der Waals surface area (Å²) in [6, 6.07) is 3.08. The van der Waals surface area contributed by atoms with Gasteiger partial charge in [0.2, 0.25) is 0 Å². The van der Waals surface area contributed by atoms with E-state index in [1.165, 1.54) is 6.07 Å². The molecule has 76 valence electrons. The minimum atomic E-state index is -1.01. The van der Waals surface area contributed by atoms with Crippen LogP contribution in [0.15, 0.2) is 18.2 Å². The molecule has 0 aliphatic rings. The zero-order chi connectivity index (χ0) is 10.6. The van der Waals surface area contributed by atoms with Gasteiger partial charge in [0.1, 0.15) is 0 Å². The third kappa shape index (κ3) is 2.52. The summed E-state index contributed by atoms with van der Waals surface area (Å²) < 4.78 is 25.2. The summed E-state index contributed by atoms with van der Waals surface area (Å²) in [6.07, 6.45) is 0.801. The van der Waals surface area contributed by atoms with Gasteiger partial charge in [0, 0.05) is 12.1 Å². The van der Waals surface area contributed by atoms with E-state index in [9.17, 15) is 13.6 Å². The number of benzene rings is 1. The van der Waals surface area contributed by atoms with Crippen molar-refractivity contribution in [3.05, 3.63) is 35.4 Å². The predicted molar refractivity (Wildman–Crippen MR) is 49.0 cm³/mol. The average Bonchev–Trinajstić information content (AvgIpc) is 2.18. The summed E-state index contributed by atoms with van der Waals surface area (Å²) in [5.74, 6) is -2.34. The molecule has 0 unspecified atom stereocenters. The number of carbonyl (C=O) groups excluding carboxylic acids is 1. The first kappa shape index (κ1) is 10.6. The van der Waals surface area contributed by atoms with Crippen molar-refractivity contribution in [3.8, 4) is 0 Å². The normalized spacial score (nSPS) is 9.93. The first-order chi connectivity index (χ1) is 6.65. The maximum atomic E-state index is 12.7. The Morgan fingerprint density at radius 3 is 2.64 bits per heavy atom. The first-order valence-electron chi connectivity index (χ1n) is 4.38. The highest BCUT2D eigenvalue weighted by atomic mass is 19.2. The standard InChI is InChI=1S/C10H11F2NO/c1-2-5-13-10(14)7-3-4-8(11)9(12)6-7/h3-4,6H,2,5H2,1H3,(H,13,14). The van der Waals surface area contributed by atoms with Crippen LogP contribution in [0.5, 0.6) is 0 Å². The van der Waals surface area contributed by atoms with Crippen molar-refractivity contribution >= 4 is 5.91 Å². The van der Waals surface area contributed by atoms with Crippen molar-refractivity contribution in [2.45, 2.75) is 13.3 Å². The molecule has 0 aliphatic carbocycles. The number of nitrogens with one attached hydrogen (secondary N) is 1. The number of rotatable bonds is 3. The van der Waals surface area contributed by atoms with Gasteiger partial charge < -0.3 is 5.32 Å². The molecule has 2 nitrogen and oxygen atoms in total. The van der Waals surface area contributed by atoms with Crippen LogP contribution in [0.3, 0.4) is 0 Å². The van der Waals surface area contributed by atoms with Crippen molar-refractivity contribution in [1.29, 1.82) is 0 Å². The predicted octanol–water partition coefficient (Wildman–Crippen LogP) is 2.10. The van der Waals surface area contributed by atoms with E-state index in [1.54, 1.807) is 0 Å². The number of halogens is 2. The fourth-order valence-corrected chi connectivity index (χ4v) is 0.978. The lowest BCUT2D eigenvalue weighted by Crippen LogP contribution is -2.24. The third-order valence-corrected chi connectivity index (χ3v) is 1.72. The van der Waals surface area contributed by atoms with Gasteiger partial charge >= 0.3 is 0 Å². The number of carbonyl (C=O) groups is 1. The lowest BCUT2D eigenvalue weighted by atomic mass is 10.2. The first-order valence-corrected chi connectivity index (χ1v) is 4.38. The van der Waals surface area contributed by atoms with Crippen molar-refractivity contribution in [2.24, 2.45) is 0 Å². The summed E-state index contributed by atoms with van der Waals surface area (Å²) in [5.41, 5.74) is 0.136. The number of hydrogen-bond donors (Lipinski definition) is 1. The van der Waals surface area contributed by atoms with Crippen LogP contribution in [0.25, 0.3) is 0 Å². The zero-order valence-corrected chi connectivity index (χ0v) is 7.81. The van der Waals surface area contributed by atoms with Crippen molar-refractivity contribution in [3.63, 3.8) is 0 Å². The largest absolute Gasteiger partial charge is 0.352 e. The summed E-state index contributed by atoms with van der Waals surface area (Å²) >= 11 is 0. The van der Waals surface area contributed by atoms with Crippen LogP contribution in [-0.4, -0.2) is 12.5 Å². The van der Waals surface area contributed by atoms with Gasteiger partial charge in [0.15, 0.2) is 11.6 Å². The van der Waals surface area contributed by atoms with Crippen LogP contribution in [0.1, 0.15) is 23.7 Å². The number of amides is 1. The van der Waals surface area contributed by atoms with Crippen LogP contribution >= 0.6 is 0 Å². The van der Waals surface area contributed by atoms with Gasteiger partial charge in [-0.05, 0) is 24.6 Å². The summed E-state index contributed by atoms with van der Waals surface area (Å²) in [5, 5.41) is 2.57. The van der Waals surface area contributed by atoms with Crippen LogP contribution in [-0.2, 0) is 0 Å². The van der Waals surface area contributed by atoms with Gasteiger partial charge in [-0.15, -0.1) is 0 Å². The van der Waals surface area contributed by atoms with Gasteiger partial charge in [0.05, 0.1) is 0 Å². The molecule has 0 heterocycles. The fraction of sp³-hybridized carbons (Fsp3) is 0.300. The molecule has 1 rings (SSSR count). The monoisotopic (exact) mass is 199 g/mol. The molecule has 0 atom stereocenters. The zero-order valence-electron chi connectivity index (χ0n) is 7.81. The third-order valence-electron chi connectivity index (χ3n) is 1.72. The van der Waals surface area contributed by atoms with Crippen LogP contribution in [0.2, 0.25) is 0 Å². The van der Waals surface area contributed by atoms with Gasteiger partial charge in [-0.1, -0.05) is 6.92 Å². The highest BCUT2D eigenvalue weighted by molar-refractivity contribution is 5.94. The van der Waals surface area contributed by atoms with Crippen LogP contribution in [0, 0.1) is 11.6 Å². The van der Waals surface area contributed by atoms with E-state index in [0.717, 1.165) is 18.6 Å². The van der Waals surface area contributed by atoms with Gasteiger partial charge in [-0.2, -0.15) is 0 Å². The Labute approximate surface area is 80.9 Å². The summed E-state index contributed by atoms with van der Waals surface area (Å²) in [7, 11) is 0. The molecule has 0 aliphatic heterocycles. The SMILES string of the molecule is CCCNC(=O)c1ccc(F)c(F)c1. The lowest BCUT2D eigenvalue weighted by molar-refractivity contribution is 0.0953. The highest BCUT2D eigenvalue weighted by Crippen LogP contribution is 2.08. The van der Waals surface area contributed by atoms with E-state index in [0.29, 0.717) is 6.54 Å². The number of hydrogen-bond acceptors (Lipinski definition) is 1. The molecule has 14 heavy (non-hydrogen) atoms. The van der Waals surface area contributed by atoms with Gasteiger partial charge in [-0.25, -0.2) is 8.78 Å². The molecule has 1 N–H and O–H groups in total. The molecule has 4 heteroatoms. The fourth-order valence-electron chi connectivity index (χ4n) is 0.978. The second-order valence-corrected chi connectivity index (χ2v) is 2.88. The maximum Gasteiger partial charge on any atom is 0.251 e. The quantitative estimate of drug-likeness (QED) is 0.793. The molecule has 1 aromatic carbocycles. The Morgan fingerprint density at radius 2 is 2.07 bits per heavy atom. The lowest BCUT2D eigenvalue weighted by Gasteiger charge is -2.03. The van der Waals surface area contributed by atoms with E-state index in [2.05, 4.69) is 5.32 Å². The Morgan fingerprint density at radius 1 is 1.36 bits per heavy atom. The van der Waals surface area contributed by atoms with E-state index in [-0.39, 0.29) is 11.5 Å². The molecular weight excluding hydrogens is 188 g/mol. The Hall–Kier alpha value is -1.45. The second kappa shape index (κ2) is 4.69. The summed E-state index contributed by atoms with van der Waals surface area (Å²) in [4.78, 5) is 11.3. The minimum absolute atomic E-state index is 0.136. The van der Waals surface area contributed by atoms with E-state index in [1.807, 2.05) is 6.92 Å². The highest BCUT2D eigenvalue weighted by Gasteiger charge is 2.08. The molecule has 0 spiro atoms. The molecule has 1 amide bonds. The molecule has 0 aromatic heterocycles. The molecule has 0 fully saturated rings. The van der Waals surface area contributed by atoms with Crippen molar-refractivity contribution in [2.75, 3.05) is 6.54 Å². The molecule has 0 bridgehead atoms. The van der Waals surface area contributed by atoms with Crippen molar-refractivity contribution in [1.82, 2.24) is 5.32 Å². The van der Waals surface area contributed by atoms with Crippen LogP contribution < -0.4 is 5.32 Å². The smallest absolute Gasteiger partial charge is 0.251 e. The Balaban J connectivity index is 2.76. The molecule has 0 radical (unpaired) electrons. The molecule has 0 saturated carbocycles. The second-order valence-electron chi connectivity index (χ2n) is 2.88. The molecule has 0 saturated heterocycles. The van der Waals surface area contributed by atoms with E-state index >= 15 is 0 Å². The topological polar surface area (TPSA) is 29.1 Å². The van der Waals surface area contributed by atoms with Gasteiger partial charge in [0.25, 0.3) is 5.91 Å².